The van der Waals surface area contributed by atoms with Gasteiger partial charge in [-0.15, -0.1) is 0 Å². The van der Waals surface area contributed by atoms with Crippen molar-refractivity contribution >= 4 is 105 Å². The number of nitrogens with zero attached hydrogens (tertiary/aromatic N) is 4. The molecule has 0 saturated heterocycles. The number of aromatic nitrogens is 3. The molecular formula is C59H34N4O3. The van der Waals surface area contributed by atoms with Crippen molar-refractivity contribution in [2.24, 2.45) is 0 Å². The number of hydrogen-bond acceptors (Lipinski definition) is 7. The quantitative estimate of drug-likeness (QED) is 0.165. The third-order valence-electron chi connectivity index (χ3n) is 12.9. The molecule has 6 heterocycles. The molecule has 0 unspecified atom stereocenters. The van der Waals surface area contributed by atoms with Gasteiger partial charge in [-0.25, -0.2) is 9.97 Å². The first kappa shape index (κ1) is 36.4. The van der Waals surface area contributed by atoms with E-state index in [2.05, 4.69) is 144 Å². The normalized spacial score (nSPS) is 11.9. The summed E-state index contributed by atoms with van der Waals surface area (Å²) in [4.78, 5) is 17.1. The van der Waals surface area contributed by atoms with E-state index in [9.17, 15) is 0 Å². The molecule has 8 aromatic carbocycles. The summed E-state index contributed by atoms with van der Waals surface area (Å²) in [6.07, 6.45) is 1.82. The van der Waals surface area contributed by atoms with Gasteiger partial charge in [-0.05, 0) is 119 Å². The number of benzene rings is 8. The fraction of sp³-hybridized carbons (Fsp3) is 0. The van der Waals surface area contributed by atoms with Crippen molar-refractivity contribution in [2.45, 2.75) is 0 Å². The molecule has 0 amide bonds. The van der Waals surface area contributed by atoms with Crippen molar-refractivity contribution < 1.29 is 13.3 Å². The Balaban J connectivity index is 0.858. The van der Waals surface area contributed by atoms with Crippen molar-refractivity contribution in [3.8, 4) is 33.8 Å². The topological polar surface area (TPSA) is 81.3 Å². The molecule has 14 rings (SSSR count). The van der Waals surface area contributed by atoms with E-state index in [1.54, 1.807) is 0 Å². The number of furan rings is 3. The van der Waals surface area contributed by atoms with Crippen molar-refractivity contribution in [2.75, 3.05) is 4.90 Å². The summed E-state index contributed by atoms with van der Waals surface area (Å²) in [5.41, 5.74) is 13.4. The molecule has 0 atom stereocenters. The molecule has 0 saturated carbocycles. The number of hydrogen-bond donors (Lipinski definition) is 0. The highest BCUT2D eigenvalue weighted by molar-refractivity contribution is 6.11. The highest BCUT2D eigenvalue weighted by atomic mass is 16.3. The molecule has 0 N–H and O–H groups in total. The summed E-state index contributed by atoms with van der Waals surface area (Å²) in [6, 6.07) is 69.6. The monoisotopic (exact) mass is 846 g/mol. The van der Waals surface area contributed by atoms with Crippen LogP contribution in [0, 0.1) is 0 Å². The third kappa shape index (κ3) is 5.80. The van der Waals surface area contributed by atoms with E-state index in [-0.39, 0.29) is 0 Å². The van der Waals surface area contributed by atoms with E-state index in [4.69, 9.17) is 28.2 Å². The summed E-state index contributed by atoms with van der Waals surface area (Å²) in [7, 11) is 0. The molecule has 66 heavy (non-hydrogen) atoms. The van der Waals surface area contributed by atoms with Gasteiger partial charge in [-0.1, -0.05) is 103 Å². The summed E-state index contributed by atoms with van der Waals surface area (Å²) < 4.78 is 18.5. The summed E-state index contributed by atoms with van der Waals surface area (Å²) in [5.74, 6) is 0. The number of pyridine rings is 3. The Morgan fingerprint density at radius 2 is 0.803 bits per heavy atom. The predicted molar refractivity (Wildman–Crippen MR) is 268 cm³/mol. The molecule has 0 spiro atoms. The van der Waals surface area contributed by atoms with Crippen LogP contribution in [0.3, 0.4) is 0 Å². The van der Waals surface area contributed by atoms with E-state index >= 15 is 0 Å². The standard InChI is InChI=1S/C59H34N4O3/c1-4-10-52-45(7-1)47-25-27-50(61-58(47)65-52)40-15-13-38-33-43(23-19-36(38)31-40)63(42-21-17-35(18-22-42)57-56-49-9-3-6-12-54(49)64-55(56)29-30-60-57)44-24-20-37-32-41(16-14-39(37)34-44)51-28-26-48-46-8-2-5-11-53(46)66-59(48)62-51/h1-34H. The molecule has 0 aliphatic heterocycles. The minimum Gasteiger partial charge on any atom is -0.456 e. The Labute approximate surface area is 376 Å². The van der Waals surface area contributed by atoms with Gasteiger partial charge < -0.3 is 18.2 Å². The van der Waals surface area contributed by atoms with Crippen molar-refractivity contribution in [1.29, 1.82) is 0 Å². The minimum absolute atomic E-state index is 0.642. The molecular weight excluding hydrogens is 813 g/mol. The highest BCUT2D eigenvalue weighted by Gasteiger charge is 2.18. The van der Waals surface area contributed by atoms with Gasteiger partial charge in [0.05, 0.1) is 22.5 Å². The van der Waals surface area contributed by atoms with Crippen LogP contribution < -0.4 is 4.90 Å². The van der Waals surface area contributed by atoms with Crippen LogP contribution in [0.1, 0.15) is 0 Å². The van der Waals surface area contributed by atoms with Crippen LogP contribution in [0.4, 0.5) is 17.1 Å². The molecule has 0 bridgehead atoms. The van der Waals surface area contributed by atoms with Crippen LogP contribution in [0.5, 0.6) is 0 Å². The van der Waals surface area contributed by atoms with Crippen LogP contribution in [-0.4, -0.2) is 15.0 Å². The minimum atomic E-state index is 0.642. The summed E-state index contributed by atoms with van der Waals surface area (Å²) >= 11 is 0. The molecule has 14 aromatic rings. The Bertz CT molecular complexity index is 4060. The van der Waals surface area contributed by atoms with Gasteiger partial charge in [0, 0.05) is 66.9 Å². The molecule has 308 valence electrons. The Morgan fingerprint density at radius 1 is 0.333 bits per heavy atom. The Hall–Kier alpha value is -9.07. The van der Waals surface area contributed by atoms with Gasteiger partial charge in [-0.3, -0.25) is 4.98 Å². The lowest BCUT2D eigenvalue weighted by atomic mass is 10.0. The summed E-state index contributed by atoms with van der Waals surface area (Å²) in [6.45, 7) is 0. The maximum absolute atomic E-state index is 6.22. The average Bonchev–Trinajstić information content (AvgIpc) is 4.07. The van der Waals surface area contributed by atoms with Crippen LogP contribution in [0.2, 0.25) is 0 Å². The first-order valence-electron chi connectivity index (χ1n) is 22.0. The van der Waals surface area contributed by atoms with E-state index in [0.717, 1.165) is 127 Å². The number of anilines is 3. The van der Waals surface area contributed by atoms with Gasteiger partial charge in [0.15, 0.2) is 0 Å². The zero-order chi connectivity index (χ0) is 43.3. The molecule has 0 aliphatic carbocycles. The first-order valence-corrected chi connectivity index (χ1v) is 22.0. The maximum Gasteiger partial charge on any atom is 0.227 e. The van der Waals surface area contributed by atoms with Crippen molar-refractivity contribution in [3.63, 3.8) is 0 Å². The van der Waals surface area contributed by atoms with E-state index < -0.39 is 0 Å². The number of rotatable bonds is 6. The largest absolute Gasteiger partial charge is 0.456 e. The van der Waals surface area contributed by atoms with Crippen LogP contribution in [-0.2, 0) is 0 Å². The third-order valence-corrected chi connectivity index (χ3v) is 12.9. The summed E-state index contributed by atoms with van der Waals surface area (Å²) in [5, 5.41) is 10.7. The van der Waals surface area contributed by atoms with E-state index in [0.29, 0.717) is 11.4 Å². The Morgan fingerprint density at radius 3 is 1.38 bits per heavy atom. The first-order chi connectivity index (χ1) is 32.6. The van der Waals surface area contributed by atoms with Gasteiger partial charge >= 0.3 is 0 Å². The fourth-order valence-electron chi connectivity index (χ4n) is 9.70. The second kappa shape index (κ2) is 14.2. The molecule has 7 heteroatoms. The molecule has 7 nitrogen and oxygen atoms in total. The molecule has 0 aliphatic rings. The average molecular weight is 847 g/mol. The number of fused-ring (bicyclic) bond motifs is 11. The molecule has 6 aromatic heterocycles. The highest BCUT2D eigenvalue weighted by Crippen LogP contribution is 2.41. The van der Waals surface area contributed by atoms with Crippen LogP contribution in [0.25, 0.3) is 121 Å². The molecule has 0 radical (unpaired) electrons. The zero-order valence-corrected chi connectivity index (χ0v) is 35.1. The molecule has 0 fully saturated rings. The maximum atomic E-state index is 6.22. The van der Waals surface area contributed by atoms with Gasteiger partial charge in [0.25, 0.3) is 0 Å². The van der Waals surface area contributed by atoms with E-state index in [1.807, 2.05) is 66.9 Å². The lowest BCUT2D eigenvalue weighted by Crippen LogP contribution is -2.10. The predicted octanol–water partition coefficient (Wildman–Crippen LogP) is 16.3. The van der Waals surface area contributed by atoms with Crippen LogP contribution >= 0.6 is 0 Å². The fourth-order valence-corrected chi connectivity index (χ4v) is 9.70. The SMILES string of the molecule is c1ccc2c(c1)oc1nc(-c3ccc4cc(N(c5ccc(-c6nccc7oc8ccccc8c67)cc5)c5ccc6cc(-c7ccc8c(n7)oc7ccccc78)ccc6c5)ccc4c3)ccc12. The smallest absolute Gasteiger partial charge is 0.227 e. The lowest BCUT2D eigenvalue weighted by molar-refractivity contribution is 0.654. The number of para-hydroxylation sites is 3. The van der Waals surface area contributed by atoms with Gasteiger partial charge in [0.2, 0.25) is 11.4 Å². The second-order valence-electron chi connectivity index (χ2n) is 16.8. The Kier molecular flexibility index (Phi) is 7.85. The van der Waals surface area contributed by atoms with Crippen molar-refractivity contribution in [1.82, 2.24) is 15.0 Å². The lowest BCUT2D eigenvalue weighted by Gasteiger charge is -2.26. The van der Waals surface area contributed by atoms with Gasteiger partial charge in [-0.2, -0.15) is 0 Å². The van der Waals surface area contributed by atoms with Crippen LogP contribution in [0.15, 0.2) is 220 Å². The second-order valence-corrected chi connectivity index (χ2v) is 16.8. The van der Waals surface area contributed by atoms with Gasteiger partial charge in [0.1, 0.15) is 22.3 Å². The van der Waals surface area contributed by atoms with E-state index in [1.165, 1.54) is 0 Å². The van der Waals surface area contributed by atoms with Crippen molar-refractivity contribution in [3.05, 3.63) is 206 Å². The zero-order valence-electron chi connectivity index (χ0n) is 35.1.